The number of carbonyl (C=O) groups excluding carboxylic acids is 1. The highest BCUT2D eigenvalue weighted by Gasteiger charge is 2.27. The highest BCUT2D eigenvalue weighted by molar-refractivity contribution is 7.91. The summed E-state index contributed by atoms with van der Waals surface area (Å²) in [5, 5.41) is 9.06. The molecule has 0 spiro atoms. The van der Waals surface area contributed by atoms with Crippen LogP contribution in [0, 0.1) is 17.2 Å². The molecule has 8 nitrogen and oxygen atoms in total. The molecule has 0 saturated carbocycles. The normalized spacial score (nSPS) is 20.4. The lowest BCUT2D eigenvalue weighted by molar-refractivity contribution is 0.0633. The Bertz CT molecular complexity index is 1040. The van der Waals surface area contributed by atoms with Crippen LogP contribution in [0.2, 0.25) is 0 Å². The first kappa shape index (κ1) is 20.1. The van der Waals surface area contributed by atoms with E-state index in [9.17, 15) is 9.35 Å². The van der Waals surface area contributed by atoms with Crippen LogP contribution in [0.15, 0.2) is 46.9 Å². The molecule has 3 N–H and O–H groups in total. The van der Waals surface area contributed by atoms with Crippen LogP contribution in [0.1, 0.15) is 34.3 Å². The molecule has 1 saturated heterocycles. The Balaban J connectivity index is 1.42. The van der Waals surface area contributed by atoms with E-state index in [4.69, 9.17) is 15.7 Å². The Labute approximate surface area is 177 Å². The van der Waals surface area contributed by atoms with Crippen molar-refractivity contribution < 1.29 is 14.1 Å². The Morgan fingerprint density at radius 1 is 1.40 bits per heavy atom. The van der Waals surface area contributed by atoms with Crippen LogP contribution in [0.3, 0.4) is 0 Å². The summed E-state index contributed by atoms with van der Waals surface area (Å²) < 4.78 is 24.3. The Kier molecular flexibility index (Phi) is 5.79. The first-order valence-corrected chi connectivity index (χ1v) is 10.7. The minimum Gasteiger partial charge on any atom is -0.566 e. The number of benzene rings is 2. The number of nitrogens with one attached hydrogen (secondary N) is 1. The SMILES string of the molecule is N#Cc1cccc(C(=O)N2CCC[C@H](COc3cccc4c3C(N)=N[S+]([O-])N4)C2)c1. The Morgan fingerprint density at radius 3 is 3.07 bits per heavy atom. The number of likely N-dealkylation sites (tertiary alicyclic amines) is 1. The van der Waals surface area contributed by atoms with Crippen molar-refractivity contribution in [2.45, 2.75) is 12.8 Å². The number of nitrogens with zero attached hydrogens (tertiary/aromatic N) is 3. The summed E-state index contributed by atoms with van der Waals surface area (Å²) in [6, 6.07) is 14.2. The minimum absolute atomic E-state index is 0.0723. The molecule has 2 atom stereocenters. The number of amides is 1. The molecule has 2 aromatic rings. The van der Waals surface area contributed by atoms with E-state index in [1.165, 1.54) is 0 Å². The highest BCUT2D eigenvalue weighted by atomic mass is 32.2. The number of nitriles is 1. The van der Waals surface area contributed by atoms with Gasteiger partial charge >= 0.3 is 0 Å². The number of ether oxygens (including phenoxy) is 1. The quantitative estimate of drug-likeness (QED) is 0.726. The van der Waals surface area contributed by atoms with E-state index in [-0.39, 0.29) is 17.7 Å². The first-order valence-electron chi connectivity index (χ1n) is 9.63. The molecule has 1 amide bonds. The van der Waals surface area contributed by atoms with Crippen molar-refractivity contribution in [3.8, 4) is 11.8 Å². The van der Waals surface area contributed by atoms with Crippen molar-refractivity contribution >= 4 is 29.0 Å². The minimum atomic E-state index is -1.59. The predicted molar refractivity (Wildman–Crippen MR) is 114 cm³/mol. The molecule has 1 unspecified atom stereocenters. The van der Waals surface area contributed by atoms with Gasteiger partial charge in [0.2, 0.25) is 11.5 Å². The molecule has 1 fully saturated rings. The van der Waals surface area contributed by atoms with Gasteiger partial charge in [-0.3, -0.25) is 4.79 Å². The van der Waals surface area contributed by atoms with Crippen LogP contribution in [0.5, 0.6) is 5.75 Å². The van der Waals surface area contributed by atoms with Gasteiger partial charge in [0.1, 0.15) is 5.75 Å². The van der Waals surface area contributed by atoms with Gasteiger partial charge in [-0.25, -0.2) is 0 Å². The number of piperidine rings is 1. The van der Waals surface area contributed by atoms with E-state index in [0.29, 0.717) is 47.8 Å². The topological polar surface area (TPSA) is 127 Å². The van der Waals surface area contributed by atoms with Crippen molar-refractivity contribution in [3.05, 3.63) is 59.2 Å². The Hall–Kier alpha value is -3.22. The van der Waals surface area contributed by atoms with Crippen LogP contribution < -0.4 is 15.2 Å². The molecule has 30 heavy (non-hydrogen) atoms. The third-order valence-corrected chi connectivity index (χ3v) is 5.94. The molecule has 2 aromatic carbocycles. The van der Waals surface area contributed by atoms with Crippen LogP contribution >= 0.6 is 0 Å². The highest BCUT2D eigenvalue weighted by Crippen LogP contribution is 2.31. The van der Waals surface area contributed by atoms with Gasteiger partial charge in [0, 0.05) is 24.6 Å². The first-order chi connectivity index (χ1) is 14.5. The number of rotatable bonds is 4. The number of carbonyl (C=O) groups is 1. The largest absolute Gasteiger partial charge is 0.566 e. The van der Waals surface area contributed by atoms with Gasteiger partial charge in [-0.15, -0.1) is 0 Å². The number of fused-ring (bicyclic) bond motifs is 1. The number of amidine groups is 1. The van der Waals surface area contributed by atoms with Crippen molar-refractivity contribution in [1.29, 1.82) is 5.26 Å². The Morgan fingerprint density at radius 2 is 2.23 bits per heavy atom. The second-order valence-electron chi connectivity index (χ2n) is 7.27. The van der Waals surface area contributed by atoms with Gasteiger partial charge in [-0.2, -0.15) is 9.98 Å². The lowest BCUT2D eigenvalue weighted by atomic mass is 9.98. The van der Waals surface area contributed by atoms with E-state index in [1.807, 2.05) is 4.90 Å². The van der Waals surface area contributed by atoms with Crippen molar-refractivity contribution in [1.82, 2.24) is 4.90 Å². The van der Waals surface area contributed by atoms with Crippen molar-refractivity contribution in [3.63, 3.8) is 0 Å². The van der Waals surface area contributed by atoms with E-state index < -0.39 is 11.5 Å². The molecule has 4 rings (SSSR count). The summed E-state index contributed by atoms with van der Waals surface area (Å²) in [5.41, 5.74) is 8.18. The third-order valence-electron chi connectivity index (χ3n) is 5.18. The number of nitrogens with two attached hydrogens (primary N) is 1. The molecule has 2 aliphatic rings. The summed E-state index contributed by atoms with van der Waals surface area (Å²) in [7, 11) is 0. The maximum atomic E-state index is 12.9. The fourth-order valence-corrected chi connectivity index (χ4v) is 4.42. The maximum absolute atomic E-state index is 12.9. The van der Waals surface area contributed by atoms with Gasteiger partial charge in [0.15, 0.2) is 5.84 Å². The summed E-state index contributed by atoms with van der Waals surface area (Å²) in [5.74, 6) is 0.845. The lowest BCUT2D eigenvalue weighted by Crippen LogP contribution is -2.41. The molecule has 2 heterocycles. The summed E-state index contributed by atoms with van der Waals surface area (Å²) in [6.45, 7) is 1.69. The summed E-state index contributed by atoms with van der Waals surface area (Å²) in [6.07, 6.45) is 1.83. The molecular weight excluding hydrogens is 402 g/mol. The van der Waals surface area contributed by atoms with Gasteiger partial charge in [0.25, 0.3) is 5.91 Å². The summed E-state index contributed by atoms with van der Waals surface area (Å²) in [4.78, 5) is 14.7. The fourth-order valence-electron chi connectivity index (χ4n) is 3.75. The van der Waals surface area contributed by atoms with Crippen molar-refractivity contribution in [2.24, 2.45) is 16.0 Å². The van der Waals surface area contributed by atoms with Crippen LogP contribution in [-0.2, 0) is 11.5 Å². The van der Waals surface area contributed by atoms with Gasteiger partial charge in [0.05, 0.1) is 29.5 Å². The van der Waals surface area contributed by atoms with E-state index in [0.717, 1.165) is 12.8 Å². The zero-order chi connectivity index (χ0) is 21.1. The number of anilines is 1. The fraction of sp³-hybridized carbons (Fsp3) is 0.286. The zero-order valence-electron chi connectivity index (χ0n) is 16.2. The molecule has 154 valence electrons. The molecular formula is C21H21N5O3S. The molecule has 0 aromatic heterocycles. The number of hydrogen-bond donors (Lipinski definition) is 2. The van der Waals surface area contributed by atoms with Gasteiger partial charge in [-0.1, -0.05) is 12.1 Å². The lowest BCUT2D eigenvalue weighted by Gasteiger charge is -2.33. The van der Waals surface area contributed by atoms with Crippen LogP contribution in [-0.4, -0.2) is 40.9 Å². The average molecular weight is 423 g/mol. The van der Waals surface area contributed by atoms with Crippen LogP contribution in [0.25, 0.3) is 0 Å². The maximum Gasteiger partial charge on any atom is 0.253 e. The molecule has 2 aliphatic heterocycles. The molecule has 0 aliphatic carbocycles. The second-order valence-corrected chi connectivity index (χ2v) is 8.15. The third kappa shape index (κ3) is 4.20. The number of hydrogen-bond acceptors (Lipinski definition) is 7. The standard InChI is InChI=1S/C21H21N5O3S/c22-11-14-4-1-6-16(10-14)21(27)26-9-3-5-15(12-26)13-29-18-8-2-7-17-19(18)20(23)25-30(28)24-17/h1-2,4,6-8,10,15,24H,3,5,9,12-13H2,(H2,23,25)/t15-,30?/m0/s1. The molecule has 9 heteroatoms. The monoisotopic (exact) mass is 423 g/mol. The molecule has 0 bridgehead atoms. The van der Waals surface area contributed by atoms with E-state index in [1.54, 1.807) is 42.5 Å². The molecule has 0 radical (unpaired) electrons. The predicted octanol–water partition coefficient (Wildman–Crippen LogP) is 2.20. The smallest absolute Gasteiger partial charge is 0.253 e. The van der Waals surface area contributed by atoms with Gasteiger partial charge < -0.3 is 19.9 Å². The van der Waals surface area contributed by atoms with E-state index >= 15 is 0 Å². The second kappa shape index (κ2) is 8.65. The van der Waals surface area contributed by atoms with E-state index in [2.05, 4.69) is 15.2 Å². The van der Waals surface area contributed by atoms with Crippen molar-refractivity contribution in [2.75, 3.05) is 24.4 Å². The van der Waals surface area contributed by atoms with Gasteiger partial charge in [-0.05, 0) is 47.6 Å². The average Bonchev–Trinajstić information content (AvgIpc) is 2.77. The zero-order valence-corrected chi connectivity index (χ0v) is 17.0. The summed E-state index contributed by atoms with van der Waals surface area (Å²) >= 11 is -1.59. The van der Waals surface area contributed by atoms with Crippen LogP contribution in [0.4, 0.5) is 5.69 Å².